The molecule has 260 valence electrons. The number of hydrogen-bond donors (Lipinski definition) is 0. The zero-order valence-electron chi connectivity index (χ0n) is 27.7. The molecule has 0 saturated heterocycles. The first kappa shape index (κ1) is 38.6. The van der Waals surface area contributed by atoms with Crippen molar-refractivity contribution in [2.75, 3.05) is 26.4 Å². The molecule has 49 heavy (non-hydrogen) atoms. The monoisotopic (exact) mass is 690 g/mol. The van der Waals surface area contributed by atoms with Crippen LogP contribution in [0.15, 0.2) is 92.0 Å². The van der Waals surface area contributed by atoms with E-state index in [4.69, 9.17) is 35.3 Å². The number of benzene rings is 3. The highest BCUT2D eigenvalue weighted by Crippen LogP contribution is 2.27. The maximum Gasteiger partial charge on any atom is 0.343 e. The van der Waals surface area contributed by atoms with Gasteiger partial charge in [-0.2, -0.15) is 0 Å². The van der Waals surface area contributed by atoms with Gasteiger partial charge in [-0.25, -0.2) is 14.4 Å². The standard InChI is InChI=1S/C39H43ClO9/c1-3-37(42)47-25-11-7-5-9-23-45-32-18-14-30(15-19-32)35(41)28-29-13-22-36(34(40)27-29)49-39(44)31-16-20-33(21-17-31)46-24-10-6-8-12-26-48-38(43)4-2/h3-4,13-22,27H,1-2,5-12,23-26,28H2. The highest BCUT2D eigenvalue weighted by molar-refractivity contribution is 6.32. The smallest absolute Gasteiger partial charge is 0.343 e. The second-order valence-corrected chi connectivity index (χ2v) is 11.5. The highest BCUT2D eigenvalue weighted by Gasteiger charge is 2.14. The highest BCUT2D eigenvalue weighted by atomic mass is 35.5. The Kier molecular flexibility index (Phi) is 17.2. The average molecular weight is 691 g/mol. The van der Waals surface area contributed by atoms with Gasteiger partial charge in [-0.1, -0.05) is 30.8 Å². The Morgan fingerprint density at radius 2 is 1.06 bits per heavy atom. The summed E-state index contributed by atoms with van der Waals surface area (Å²) in [6.07, 6.45) is 9.48. The first-order valence-corrected chi connectivity index (χ1v) is 16.7. The third-order valence-corrected chi connectivity index (χ3v) is 7.56. The predicted molar refractivity (Wildman–Crippen MR) is 188 cm³/mol. The molecule has 0 heterocycles. The topological polar surface area (TPSA) is 114 Å². The second-order valence-electron chi connectivity index (χ2n) is 11.1. The molecule has 0 aliphatic rings. The molecule has 10 heteroatoms. The number of rotatable bonds is 23. The summed E-state index contributed by atoms with van der Waals surface area (Å²) in [6.45, 7) is 8.58. The van der Waals surface area contributed by atoms with Gasteiger partial charge in [-0.05, 0) is 118 Å². The molecule has 0 aliphatic carbocycles. The fourth-order valence-electron chi connectivity index (χ4n) is 4.57. The van der Waals surface area contributed by atoms with E-state index in [2.05, 4.69) is 13.2 Å². The molecule has 3 aromatic rings. The number of carbonyl (C=O) groups excluding carboxylic acids is 4. The van der Waals surface area contributed by atoms with Crippen molar-refractivity contribution in [2.45, 2.75) is 57.8 Å². The average Bonchev–Trinajstić information content (AvgIpc) is 3.11. The lowest BCUT2D eigenvalue weighted by atomic mass is 10.0. The Balaban J connectivity index is 1.35. The number of ether oxygens (including phenoxy) is 5. The molecule has 9 nitrogen and oxygen atoms in total. The summed E-state index contributed by atoms with van der Waals surface area (Å²) in [6, 6.07) is 18.6. The van der Waals surface area contributed by atoms with Gasteiger partial charge in [0.15, 0.2) is 5.78 Å². The van der Waals surface area contributed by atoms with Gasteiger partial charge in [0.2, 0.25) is 0 Å². The van der Waals surface area contributed by atoms with Crippen molar-refractivity contribution in [1.82, 2.24) is 0 Å². The SMILES string of the molecule is C=CC(=O)OCCCCCCOc1ccc(C(=O)Cc2ccc(OC(=O)c3ccc(OCCCCCCOC(=O)C=C)cc3)c(Cl)c2)cc1. The molecule has 0 saturated carbocycles. The molecular formula is C39H43ClO9. The first-order chi connectivity index (χ1) is 23.8. The second kappa shape index (κ2) is 21.9. The third kappa shape index (κ3) is 14.8. The number of unbranched alkanes of at least 4 members (excludes halogenated alkanes) is 6. The van der Waals surface area contributed by atoms with Crippen LogP contribution in [0.1, 0.15) is 77.6 Å². The molecule has 0 aliphatic heterocycles. The Hall–Kier alpha value is -4.89. The minimum absolute atomic E-state index is 0.0848. The summed E-state index contributed by atoms with van der Waals surface area (Å²) in [5, 5.41) is 0.221. The van der Waals surface area contributed by atoms with Crippen LogP contribution in [-0.2, 0) is 25.5 Å². The minimum Gasteiger partial charge on any atom is -0.494 e. The van der Waals surface area contributed by atoms with E-state index in [-0.39, 0.29) is 23.0 Å². The van der Waals surface area contributed by atoms with Gasteiger partial charge in [0.1, 0.15) is 17.2 Å². The maximum atomic E-state index is 12.9. The van der Waals surface area contributed by atoms with Crippen LogP contribution in [0.3, 0.4) is 0 Å². The lowest BCUT2D eigenvalue weighted by Gasteiger charge is -2.10. The van der Waals surface area contributed by atoms with Gasteiger partial charge in [0.05, 0.1) is 37.0 Å². The van der Waals surface area contributed by atoms with Crippen LogP contribution in [0.4, 0.5) is 0 Å². The van der Waals surface area contributed by atoms with E-state index in [0.717, 1.165) is 63.5 Å². The summed E-state index contributed by atoms with van der Waals surface area (Å²) < 4.78 is 26.9. The predicted octanol–water partition coefficient (Wildman–Crippen LogP) is 8.32. The molecule has 3 aromatic carbocycles. The normalized spacial score (nSPS) is 10.5. The molecule has 0 bridgehead atoms. The zero-order valence-corrected chi connectivity index (χ0v) is 28.4. The fourth-order valence-corrected chi connectivity index (χ4v) is 4.81. The van der Waals surface area contributed by atoms with Crippen LogP contribution in [-0.4, -0.2) is 50.1 Å². The summed E-state index contributed by atoms with van der Waals surface area (Å²) in [5.74, 6) is 0.0535. The van der Waals surface area contributed by atoms with E-state index in [9.17, 15) is 19.2 Å². The van der Waals surface area contributed by atoms with E-state index in [1.165, 1.54) is 0 Å². The van der Waals surface area contributed by atoms with Crippen LogP contribution < -0.4 is 14.2 Å². The molecule has 0 unspecified atom stereocenters. The molecule has 0 radical (unpaired) electrons. The third-order valence-electron chi connectivity index (χ3n) is 7.27. The summed E-state index contributed by atoms with van der Waals surface area (Å²) in [7, 11) is 0. The Bertz CT molecular complexity index is 1530. The minimum atomic E-state index is -0.566. The fraction of sp³-hybridized carbons (Fsp3) is 0.333. The van der Waals surface area contributed by atoms with Crippen molar-refractivity contribution in [3.05, 3.63) is 114 Å². The van der Waals surface area contributed by atoms with Gasteiger partial charge in [-0.3, -0.25) is 4.79 Å². The van der Waals surface area contributed by atoms with E-state index in [0.29, 0.717) is 54.6 Å². The summed E-state index contributed by atoms with van der Waals surface area (Å²) in [5.41, 5.74) is 1.57. The number of halogens is 1. The number of carbonyl (C=O) groups is 4. The molecule has 0 aromatic heterocycles. The van der Waals surface area contributed by atoms with Gasteiger partial charge in [0.25, 0.3) is 0 Å². The van der Waals surface area contributed by atoms with E-state index >= 15 is 0 Å². The zero-order chi connectivity index (χ0) is 35.3. The maximum absolute atomic E-state index is 12.9. The molecule has 3 rings (SSSR count). The Morgan fingerprint density at radius 1 is 0.592 bits per heavy atom. The van der Waals surface area contributed by atoms with Crippen molar-refractivity contribution in [3.63, 3.8) is 0 Å². The largest absolute Gasteiger partial charge is 0.494 e. The van der Waals surface area contributed by atoms with Crippen LogP contribution in [0.2, 0.25) is 5.02 Å². The lowest BCUT2D eigenvalue weighted by Crippen LogP contribution is -2.09. The molecule has 0 amide bonds. The number of ketones is 1. The van der Waals surface area contributed by atoms with Crippen LogP contribution in [0.25, 0.3) is 0 Å². The van der Waals surface area contributed by atoms with E-state index < -0.39 is 17.9 Å². The molecule has 0 spiro atoms. The van der Waals surface area contributed by atoms with E-state index in [1.807, 2.05) is 0 Å². The van der Waals surface area contributed by atoms with Crippen molar-refractivity contribution in [2.24, 2.45) is 0 Å². The quantitative estimate of drug-likeness (QED) is 0.0318. The molecule has 0 atom stereocenters. The summed E-state index contributed by atoms with van der Waals surface area (Å²) in [4.78, 5) is 47.6. The van der Waals surface area contributed by atoms with Crippen molar-refractivity contribution >= 4 is 35.3 Å². The van der Waals surface area contributed by atoms with Gasteiger partial charge in [-0.15, -0.1) is 0 Å². The van der Waals surface area contributed by atoms with Crippen LogP contribution in [0.5, 0.6) is 17.2 Å². The number of hydrogen-bond acceptors (Lipinski definition) is 9. The van der Waals surface area contributed by atoms with Gasteiger partial charge >= 0.3 is 17.9 Å². The Morgan fingerprint density at radius 3 is 1.53 bits per heavy atom. The van der Waals surface area contributed by atoms with Crippen LogP contribution >= 0.6 is 11.6 Å². The first-order valence-electron chi connectivity index (χ1n) is 16.4. The van der Waals surface area contributed by atoms with Crippen LogP contribution in [0, 0.1) is 0 Å². The molecular weight excluding hydrogens is 648 g/mol. The van der Waals surface area contributed by atoms with E-state index in [1.54, 1.807) is 66.7 Å². The van der Waals surface area contributed by atoms with Crippen molar-refractivity contribution in [1.29, 1.82) is 0 Å². The Labute approximate surface area is 292 Å². The van der Waals surface area contributed by atoms with Gasteiger partial charge < -0.3 is 23.7 Å². The molecule has 0 fully saturated rings. The summed E-state index contributed by atoms with van der Waals surface area (Å²) >= 11 is 6.41. The van der Waals surface area contributed by atoms with Gasteiger partial charge in [0, 0.05) is 24.1 Å². The van der Waals surface area contributed by atoms with Crippen molar-refractivity contribution in [3.8, 4) is 17.2 Å². The molecule has 0 N–H and O–H groups in total. The number of Topliss-reactive ketones (excluding diaryl/α,β-unsaturated/α-hetero) is 1. The lowest BCUT2D eigenvalue weighted by molar-refractivity contribution is -0.138. The van der Waals surface area contributed by atoms with Crippen molar-refractivity contribution < 1.29 is 42.9 Å². The number of esters is 3.